The number of ether oxygens (including phenoxy) is 3. The molecule has 0 saturated heterocycles. The number of allylic oxidation sites excluding steroid dienone is 1. The molecule has 4 nitrogen and oxygen atoms in total. The summed E-state index contributed by atoms with van der Waals surface area (Å²) in [6.07, 6.45) is 21.0. The van der Waals surface area contributed by atoms with E-state index in [-0.39, 0.29) is 5.97 Å². The second kappa shape index (κ2) is 18.5. The van der Waals surface area contributed by atoms with Gasteiger partial charge in [0, 0.05) is 0 Å². The zero-order valence-electron chi connectivity index (χ0n) is 24.2. The van der Waals surface area contributed by atoms with Crippen LogP contribution in [0.15, 0.2) is 61.2 Å². The number of benzene rings is 2. The zero-order valence-corrected chi connectivity index (χ0v) is 24.2. The van der Waals surface area contributed by atoms with Gasteiger partial charge in [-0.25, -0.2) is 4.79 Å². The van der Waals surface area contributed by atoms with Crippen LogP contribution in [0.25, 0.3) is 0 Å². The summed E-state index contributed by atoms with van der Waals surface area (Å²) in [5, 5.41) is 0. The molecule has 0 spiro atoms. The Hall–Kier alpha value is -2.75. The maximum Gasteiger partial charge on any atom is 0.343 e. The fraction of sp³-hybridized carbons (Fsp3) is 0.571. The first-order chi connectivity index (χ1) is 19.2. The summed E-state index contributed by atoms with van der Waals surface area (Å²) in [7, 11) is 0. The highest BCUT2D eigenvalue weighted by Crippen LogP contribution is 2.36. The molecule has 2 aromatic carbocycles. The molecule has 2 unspecified atom stereocenters. The summed E-state index contributed by atoms with van der Waals surface area (Å²) >= 11 is 0. The molecule has 0 radical (unpaired) electrons. The lowest BCUT2D eigenvalue weighted by molar-refractivity contribution is 0.0734. The van der Waals surface area contributed by atoms with Gasteiger partial charge in [-0.05, 0) is 92.5 Å². The zero-order chi connectivity index (χ0) is 27.5. The summed E-state index contributed by atoms with van der Waals surface area (Å²) in [5.74, 6) is 3.53. The molecule has 2 atom stereocenters. The highest BCUT2D eigenvalue weighted by Gasteiger charge is 2.23. The third kappa shape index (κ3) is 11.9. The maximum absolute atomic E-state index is 12.6. The number of hydrogen-bond donors (Lipinski definition) is 0. The predicted octanol–water partition coefficient (Wildman–Crippen LogP) is 9.97. The van der Waals surface area contributed by atoms with Gasteiger partial charge >= 0.3 is 5.97 Å². The SMILES string of the molecule is C=CCCCCCCCCOc1ccc(C(=O)Oc2ccc(OCCCC3CCCCC3CCC)cc2)cc1. The minimum Gasteiger partial charge on any atom is -0.494 e. The molecular weight excluding hydrogens is 484 g/mol. The molecule has 1 fully saturated rings. The van der Waals surface area contributed by atoms with Crippen molar-refractivity contribution < 1.29 is 19.0 Å². The molecule has 3 rings (SSSR count). The van der Waals surface area contributed by atoms with Gasteiger partial charge in [0.15, 0.2) is 0 Å². The molecule has 0 aliphatic heterocycles. The topological polar surface area (TPSA) is 44.8 Å². The lowest BCUT2D eigenvalue weighted by atomic mass is 9.75. The summed E-state index contributed by atoms with van der Waals surface area (Å²) in [5.41, 5.74) is 0.506. The van der Waals surface area contributed by atoms with Crippen molar-refractivity contribution in [3.63, 3.8) is 0 Å². The standard InChI is InChI=1S/C35H50O4/c1-3-5-6-7-8-9-10-13-27-37-32-21-19-31(20-22-32)35(36)39-34-25-23-33(24-26-34)38-28-14-18-30-17-12-11-16-29(30)15-4-2/h3,19-26,29-30H,1,4-18,27-28H2,2H3. The molecule has 4 heteroatoms. The van der Waals surface area contributed by atoms with E-state index in [0.29, 0.717) is 17.9 Å². The van der Waals surface area contributed by atoms with E-state index in [2.05, 4.69) is 13.5 Å². The molecule has 1 aliphatic rings. The van der Waals surface area contributed by atoms with Crippen LogP contribution in [0.4, 0.5) is 0 Å². The van der Waals surface area contributed by atoms with Gasteiger partial charge in [0.25, 0.3) is 0 Å². The van der Waals surface area contributed by atoms with Crippen molar-refractivity contribution in [3.05, 3.63) is 66.7 Å². The molecule has 0 heterocycles. The van der Waals surface area contributed by atoms with Crippen LogP contribution in [-0.4, -0.2) is 19.2 Å². The van der Waals surface area contributed by atoms with Crippen molar-refractivity contribution in [2.24, 2.45) is 11.8 Å². The third-order valence-corrected chi connectivity index (χ3v) is 7.91. The second-order valence-electron chi connectivity index (χ2n) is 11.0. The van der Waals surface area contributed by atoms with Gasteiger partial charge in [-0.15, -0.1) is 6.58 Å². The number of hydrogen-bond acceptors (Lipinski definition) is 4. The van der Waals surface area contributed by atoms with E-state index in [0.717, 1.165) is 49.2 Å². The van der Waals surface area contributed by atoms with Crippen molar-refractivity contribution in [1.82, 2.24) is 0 Å². The average Bonchev–Trinajstić information content (AvgIpc) is 2.96. The monoisotopic (exact) mass is 534 g/mol. The van der Waals surface area contributed by atoms with Crippen LogP contribution in [0.2, 0.25) is 0 Å². The number of carbonyl (C=O) groups is 1. The van der Waals surface area contributed by atoms with E-state index >= 15 is 0 Å². The maximum atomic E-state index is 12.6. The lowest BCUT2D eigenvalue weighted by Crippen LogP contribution is -2.20. The minimum absolute atomic E-state index is 0.374. The number of rotatable bonds is 19. The van der Waals surface area contributed by atoms with Crippen LogP contribution in [0, 0.1) is 11.8 Å². The van der Waals surface area contributed by atoms with Crippen LogP contribution < -0.4 is 14.2 Å². The number of carbonyl (C=O) groups excluding carboxylic acids is 1. The Balaban J connectivity index is 1.30. The van der Waals surface area contributed by atoms with Crippen LogP contribution in [0.3, 0.4) is 0 Å². The normalized spacial score (nSPS) is 16.9. The van der Waals surface area contributed by atoms with Gasteiger partial charge in [-0.1, -0.05) is 77.2 Å². The molecule has 39 heavy (non-hydrogen) atoms. The van der Waals surface area contributed by atoms with Crippen molar-refractivity contribution in [2.75, 3.05) is 13.2 Å². The van der Waals surface area contributed by atoms with E-state index in [1.807, 2.05) is 30.3 Å². The molecule has 1 aliphatic carbocycles. The highest BCUT2D eigenvalue weighted by atomic mass is 16.5. The van der Waals surface area contributed by atoms with Crippen molar-refractivity contribution in [3.8, 4) is 17.2 Å². The Morgan fingerprint density at radius 2 is 1.28 bits per heavy atom. The molecule has 2 aromatic rings. The predicted molar refractivity (Wildman–Crippen MR) is 161 cm³/mol. The molecule has 0 aromatic heterocycles. The van der Waals surface area contributed by atoms with Gasteiger partial charge in [0.1, 0.15) is 17.2 Å². The highest BCUT2D eigenvalue weighted by molar-refractivity contribution is 5.91. The molecule has 0 N–H and O–H groups in total. The Morgan fingerprint density at radius 3 is 1.92 bits per heavy atom. The summed E-state index contributed by atoms with van der Waals surface area (Å²) < 4.78 is 17.3. The Labute approximate surface area is 237 Å². The van der Waals surface area contributed by atoms with Gasteiger partial charge in [0.2, 0.25) is 0 Å². The average molecular weight is 535 g/mol. The first-order valence-corrected chi connectivity index (χ1v) is 15.5. The van der Waals surface area contributed by atoms with E-state index in [9.17, 15) is 4.79 Å². The van der Waals surface area contributed by atoms with Crippen LogP contribution in [0.1, 0.15) is 114 Å². The van der Waals surface area contributed by atoms with E-state index in [1.54, 1.807) is 24.3 Å². The van der Waals surface area contributed by atoms with E-state index in [1.165, 1.54) is 77.0 Å². The number of esters is 1. The summed E-state index contributed by atoms with van der Waals surface area (Å²) in [4.78, 5) is 12.6. The Bertz CT molecular complexity index is 932. The fourth-order valence-corrected chi connectivity index (χ4v) is 5.70. The third-order valence-electron chi connectivity index (χ3n) is 7.91. The van der Waals surface area contributed by atoms with Crippen LogP contribution in [0.5, 0.6) is 17.2 Å². The van der Waals surface area contributed by atoms with Gasteiger partial charge in [-0.3, -0.25) is 0 Å². The summed E-state index contributed by atoms with van der Waals surface area (Å²) in [6, 6.07) is 14.5. The smallest absolute Gasteiger partial charge is 0.343 e. The molecular formula is C35H50O4. The molecule has 0 amide bonds. The Kier molecular flexibility index (Phi) is 14.6. The molecule has 1 saturated carbocycles. The first-order valence-electron chi connectivity index (χ1n) is 15.5. The lowest BCUT2D eigenvalue weighted by Gasteiger charge is -2.31. The quantitative estimate of drug-likeness (QED) is 0.0778. The van der Waals surface area contributed by atoms with E-state index < -0.39 is 0 Å². The molecule has 214 valence electrons. The van der Waals surface area contributed by atoms with Crippen molar-refractivity contribution >= 4 is 5.97 Å². The van der Waals surface area contributed by atoms with Crippen LogP contribution in [-0.2, 0) is 0 Å². The van der Waals surface area contributed by atoms with Crippen molar-refractivity contribution in [2.45, 2.75) is 103 Å². The Morgan fingerprint density at radius 1 is 0.744 bits per heavy atom. The van der Waals surface area contributed by atoms with Gasteiger partial charge in [-0.2, -0.15) is 0 Å². The molecule has 0 bridgehead atoms. The fourth-order valence-electron chi connectivity index (χ4n) is 5.70. The van der Waals surface area contributed by atoms with Gasteiger partial charge in [0.05, 0.1) is 18.8 Å². The number of unbranched alkanes of at least 4 members (excludes halogenated alkanes) is 6. The summed E-state index contributed by atoms with van der Waals surface area (Å²) in [6.45, 7) is 7.50. The van der Waals surface area contributed by atoms with Crippen molar-refractivity contribution in [1.29, 1.82) is 0 Å². The van der Waals surface area contributed by atoms with E-state index in [4.69, 9.17) is 14.2 Å². The largest absolute Gasteiger partial charge is 0.494 e. The first kappa shape index (κ1) is 30.8. The second-order valence-corrected chi connectivity index (χ2v) is 11.0. The van der Waals surface area contributed by atoms with Gasteiger partial charge < -0.3 is 14.2 Å². The minimum atomic E-state index is -0.374. The van der Waals surface area contributed by atoms with Crippen LogP contribution >= 0.6 is 0 Å².